The molecular weight excluding hydrogens is 294 g/mol. The van der Waals surface area contributed by atoms with Crippen molar-refractivity contribution in [2.45, 2.75) is 26.5 Å². The van der Waals surface area contributed by atoms with Gasteiger partial charge in [0, 0.05) is 31.0 Å². The largest absolute Gasteiger partial charge is 0.491 e. The summed E-state index contributed by atoms with van der Waals surface area (Å²) in [6, 6.07) is 8.79. The predicted octanol–water partition coefficient (Wildman–Crippen LogP) is 1.81. The van der Waals surface area contributed by atoms with Crippen LogP contribution in [0, 0.1) is 0 Å². The minimum atomic E-state index is -0.646. The summed E-state index contributed by atoms with van der Waals surface area (Å²) in [6.45, 7) is 5.84. The molecule has 1 N–H and O–H groups in total. The van der Waals surface area contributed by atoms with Crippen LogP contribution in [0.2, 0.25) is 0 Å². The molecule has 2 aromatic rings. The van der Waals surface area contributed by atoms with Gasteiger partial charge in [-0.15, -0.1) is 0 Å². The summed E-state index contributed by atoms with van der Waals surface area (Å²) in [5.74, 6) is 0.640. The van der Waals surface area contributed by atoms with Crippen LogP contribution < -0.4 is 4.74 Å². The minimum Gasteiger partial charge on any atom is -0.491 e. The average molecular weight is 317 g/mol. The second kappa shape index (κ2) is 8.33. The van der Waals surface area contributed by atoms with E-state index in [1.807, 2.05) is 13.8 Å². The third-order valence-corrected chi connectivity index (χ3v) is 3.55. The monoisotopic (exact) mass is 317 g/mol. The van der Waals surface area contributed by atoms with E-state index in [2.05, 4.69) is 5.10 Å². The van der Waals surface area contributed by atoms with E-state index in [9.17, 15) is 9.90 Å². The van der Waals surface area contributed by atoms with Gasteiger partial charge in [-0.25, -0.2) is 0 Å². The third kappa shape index (κ3) is 4.82. The van der Waals surface area contributed by atoms with E-state index in [1.54, 1.807) is 52.3 Å². The van der Waals surface area contributed by atoms with Gasteiger partial charge in [0.2, 0.25) is 0 Å². The molecule has 1 aromatic heterocycles. The van der Waals surface area contributed by atoms with Gasteiger partial charge in [0.25, 0.3) is 5.91 Å². The van der Waals surface area contributed by atoms with Gasteiger partial charge in [0.15, 0.2) is 0 Å². The smallest absolute Gasteiger partial charge is 0.253 e. The maximum atomic E-state index is 12.2. The number of carbonyl (C=O) groups is 1. The molecule has 0 saturated heterocycles. The van der Waals surface area contributed by atoms with Gasteiger partial charge in [-0.05, 0) is 44.2 Å². The summed E-state index contributed by atoms with van der Waals surface area (Å²) in [6.07, 6.45) is 2.81. The number of ether oxygens (including phenoxy) is 1. The number of carbonyl (C=O) groups excluding carboxylic acids is 1. The van der Waals surface area contributed by atoms with Crippen LogP contribution in [0.25, 0.3) is 0 Å². The highest BCUT2D eigenvalue weighted by Crippen LogP contribution is 2.14. The Balaban J connectivity index is 1.86. The molecule has 0 saturated carbocycles. The van der Waals surface area contributed by atoms with Crippen molar-refractivity contribution in [3.63, 3.8) is 0 Å². The standard InChI is InChI=1S/C17H23N3O3/c1-3-19(4-2)17(22)14-6-8-16(9-7-14)23-13-15(21)12-20-11-5-10-18-20/h5-11,15,21H,3-4,12-13H2,1-2H3. The van der Waals surface area contributed by atoms with Crippen molar-refractivity contribution in [2.75, 3.05) is 19.7 Å². The SMILES string of the molecule is CCN(CC)C(=O)c1ccc(OCC(O)Cn2cccn2)cc1. The van der Waals surface area contributed by atoms with Crippen molar-refractivity contribution in [3.05, 3.63) is 48.3 Å². The number of rotatable bonds is 8. The molecule has 0 bridgehead atoms. The summed E-state index contributed by atoms with van der Waals surface area (Å²) in [5.41, 5.74) is 0.637. The van der Waals surface area contributed by atoms with E-state index in [-0.39, 0.29) is 12.5 Å². The Hall–Kier alpha value is -2.34. The molecule has 6 heteroatoms. The zero-order chi connectivity index (χ0) is 16.7. The van der Waals surface area contributed by atoms with Crippen LogP contribution in [0.4, 0.5) is 0 Å². The summed E-state index contributed by atoms with van der Waals surface area (Å²) < 4.78 is 7.20. The van der Waals surface area contributed by atoms with E-state index in [0.29, 0.717) is 30.9 Å². The molecule has 0 aliphatic rings. The Bertz CT molecular complexity index is 592. The minimum absolute atomic E-state index is 0.0141. The first-order valence-electron chi connectivity index (χ1n) is 7.81. The van der Waals surface area contributed by atoms with Crippen molar-refractivity contribution in [1.29, 1.82) is 0 Å². The Morgan fingerprint density at radius 3 is 2.57 bits per heavy atom. The van der Waals surface area contributed by atoms with Gasteiger partial charge in [0.05, 0.1) is 6.54 Å². The molecule has 0 spiro atoms. The van der Waals surface area contributed by atoms with Crippen LogP contribution in [0.15, 0.2) is 42.7 Å². The second-order valence-electron chi connectivity index (χ2n) is 5.19. The van der Waals surface area contributed by atoms with Crippen molar-refractivity contribution in [1.82, 2.24) is 14.7 Å². The topological polar surface area (TPSA) is 67.6 Å². The van der Waals surface area contributed by atoms with E-state index in [0.717, 1.165) is 0 Å². The van der Waals surface area contributed by atoms with E-state index in [1.165, 1.54) is 0 Å². The van der Waals surface area contributed by atoms with Crippen molar-refractivity contribution in [2.24, 2.45) is 0 Å². The first kappa shape index (κ1) is 17.0. The molecule has 0 aliphatic carbocycles. The maximum Gasteiger partial charge on any atom is 0.253 e. The zero-order valence-corrected chi connectivity index (χ0v) is 13.6. The number of aromatic nitrogens is 2. The fourth-order valence-corrected chi connectivity index (χ4v) is 2.26. The lowest BCUT2D eigenvalue weighted by molar-refractivity contribution is 0.0772. The Morgan fingerprint density at radius 1 is 1.30 bits per heavy atom. The van der Waals surface area contributed by atoms with Gasteiger partial charge >= 0.3 is 0 Å². The van der Waals surface area contributed by atoms with Gasteiger partial charge in [0.1, 0.15) is 18.5 Å². The van der Waals surface area contributed by atoms with Crippen LogP contribution in [0.5, 0.6) is 5.75 Å². The van der Waals surface area contributed by atoms with Crippen LogP contribution >= 0.6 is 0 Å². The summed E-state index contributed by atoms with van der Waals surface area (Å²) >= 11 is 0. The number of amides is 1. The van der Waals surface area contributed by atoms with E-state index >= 15 is 0 Å². The highest BCUT2D eigenvalue weighted by molar-refractivity contribution is 5.94. The van der Waals surface area contributed by atoms with Crippen molar-refractivity contribution in [3.8, 4) is 5.75 Å². The molecule has 2 rings (SSSR count). The zero-order valence-electron chi connectivity index (χ0n) is 13.6. The Kier molecular flexibility index (Phi) is 6.17. The molecule has 1 heterocycles. The highest BCUT2D eigenvalue weighted by Gasteiger charge is 2.12. The van der Waals surface area contributed by atoms with Gasteiger partial charge in [-0.1, -0.05) is 0 Å². The fraction of sp³-hybridized carbons (Fsp3) is 0.412. The summed E-state index contributed by atoms with van der Waals surface area (Å²) in [4.78, 5) is 14.0. The molecule has 1 amide bonds. The molecule has 1 unspecified atom stereocenters. The summed E-state index contributed by atoms with van der Waals surface area (Å²) in [5, 5.41) is 13.9. The van der Waals surface area contributed by atoms with E-state index in [4.69, 9.17) is 4.74 Å². The van der Waals surface area contributed by atoms with Gasteiger partial charge in [-0.2, -0.15) is 5.10 Å². The quantitative estimate of drug-likeness (QED) is 0.806. The number of nitrogens with zero attached hydrogens (tertiary/aromatic N) is 3. The molecule has 0 aliphatic heterocycles. The van der Waals surface area contributed by atoms with Gasteiger partial charge in [-0.3, -0.25) is 9.48 Å². The molecule has 0 fully saturated rings. The molecule has 23 heavy (non-hydrogen) atoms. The molecular formula is C17H23N3O3. The number of aliphatic hydroxyl groups is 1. The molecule has 124 valence electrons. The number of benzene rings is 1. The van der Waals surface area contributed by atoms with Crippen molar-refractivity contribution >= 4 is 5.91 Å². The molecule has 6 nitrogen and oxygen atoms in total. The van der Waals surface area contributed by atoms with Crippen LogP contribution in [-0.4, -0.2) is 51.5 Å². The van der Waals surface area contributed by atoms with Crippen LogP contribution in [0.1, 0.15) is 24.2 Å². The van der Waals surface area contributed by atoms with Gasteiger partial charge < -0.3 is 14.7 Å². The molecule has 0 radical (unpaired) electrons. The van der Waals surface area contributed by atoms with Crippen LogP contribution in [0.3, 0.4) is 0 Å². The third-order valence-electron chi connectivity index (χ3n) is 3.55. The Morgan fingerprint density at radius 2 is 2.00 bits per heavy atom. The fourth-order valence-electron chi connectivity index (χ4n) is 2.26. The lowest BCUT2D eigenvalue weighted by atomic mass is 10.2. The van der Waals surface area contributed by atoms with Crippen molar-refractivity contribution < 1.29 is 14.6 Å². The number of aliphatic hydroxyl groups excluding tert-OH is 1. The lowest BCUT2D eigenvalue weighted by Crippen LogP contribution is -2.30. The first-order chi connectivity index (χ1) is 11.1. The normalized spacial score (nSPS) is 12.0. The number of hydrogen-bond donors (Lipinski definition) is 1. The molecule has 1 atom stereocenters. The first-order valence-corrected chi connectivity index (χ1v) is 7.81. The Labute approximate surface area is 136 Å². The average Bonchev–Trinajstić information content (AvgIpc) is 3.07. The highest BCUT2D eigenvalue weighted by atomic mass is 16.5. The molecule has 1 aromatic carbocycles. The lowest BCUT2D eigenvalue weighted by Gasteiger charge is -2.18. The maximum absolute atomic E-state index is 12.2. The number of hydrogen-bond acceptors (Lipinski definition) is 4. The predicted molar refractivity (Wildman–Crippen MR) is 87.4 cm³/mol. The summed E-state index contributed by atoms with van der Waals surface area (Å²) in [7, 11) is 0. The van der Waals surface area contributed by atoms with E-state index < -0.39 is 6.10 Å². The van der Waals surface area contributed by atoms with Crippen LogP contribution in [-0.2, 0) is 6.54 Å². The second-order valence-corrected chi connectivity index (χ2v) is 5.19.